The molecule has 2 N–H and O–H groups in total. The molecule has 144 valence electrons. The molecule has 0 radical (unpaired) electrons. The molecule has 0 atom stereocenters. The third-order valence-corrected chi connectivity index (χ3v) is 5.39. The first kappa shape index (κ1) is 19.5. The molecule has 27 heavy (non-hydrogen) atoms. The van der Waals surface area contributed by atoms with Crippen molar-refractivity contribution in [3.05, 3.63) is 71.3 Å². The second-order valence-corrected chi connectivity index (χ2v) is 7.00. The van der Waals surface area contributed by atoms with E-state index in [-0.39, 0.29) is 23.5 Å². The Morgan fingerprint density at radius 2 is 1.48 bits per heavy atom. The average molecular weight is 374 g/mol. The number of nitrogens with zero attached hydrogens (tertiary/aromatic N) is 1. The number of piperidine rings is 1. The van der Waals surface area contributed by atoms with Crippen LogP contribution in [-0.4, -0.2) is 42.6 Å². The zero-order valence-corrected chi connectivity index (χ0v) is 15.3. The van der Waals surface area contributed by atoms with Crippen molar-refractivity contribution < 1.29 is 18.7 Å². The van der Waals surface area contributed by atoms with Gasteiger partial charge in [0.2, 0.25) is 5.91 Å². The SMILES string of the molecule is CNC(=O)CN1CCC(C(O)(c2ccc(F)cc2)c2ccc(F)cc2)CC1. The largest absolute Gasteiger partial charge is 0.380 e. The fraction of sp³-hybridized carbons (Fsp3) is 0.381. The van der Waals surface area contributed by atoms with Crippen LogP contribution in [0.25, 0.3) is 0 Å². The van der Waals surface area contributed by atoms with Gasteiger partial charge in [-0.05, 0) is 67.2 Å². The van der Waals surface area contributed by atoms with Gasteiger partial charge in [-0.2, -0.15) is 0 Å². The number of hydrogen-bond donors (Lipinski definition) is 2. The summed E-state index contributed by atoms with van der Waals surface area (Å²) in [5, 5.41) is 14.3. The molecule has 1 aliphatic heterocycles. The smallest absolute Gasteiger partial charge is 0.233 e. The highest BCUT2D eigenvalue weighted by Crippen LogP contribution is 2.42. The number of carbonyl (C=O) groups excluding carboxylic acids is 1. The van der Waals surface area contributed by atoms with Gasteiger partial charge in [-0.15, -0.1) is 0 Å². The van der Waals surface area contributed by atoms with Crippen molar-refractivity contribution in [2.75, 3.05) is 26.7 Å². The van der Waals surface area contributed by atoms with E-state index in [2.05, 4.69) is 5.32 Å². The molecule has 0 bridgehead atoms. The second-order valence-electron chi connectivity index (χ2n) is 7.00. The van der Waals surface area contributed by atoms with Crippen LogP contribution in [-0.2, 0) is 10.4 Å². The minimum atomic E-state index is -1.35. The molecule has 4 nitrogen and oxygen atoms in total. The van der Waals surface area contributed by atoms with Crippen molar-refractivity contribution in [3.63, 3.8) is 0 Å². The van der Waals surface area contributed by atoms with E-state index in [1.807, 2.05) is 4.90 Å². The van der Waals surface area contributed by atoms with E-state index in [9.17, 15) is 18.7 Å². The van der Waals surface area contributed by atoms with Gasteiger partial charge in [0, 0.05) is 7.05 Å². The van der Waals surface area contributed by atoms with Crippen LogP contribution in [0.5, 0.6) is 0 Å². The number of amides is 1. The molecule has 1 amide bonds. The van der Waals surface area contributed by atoms with Gasteiger partial charge >= 0.3 is 0 Å². The predicted octanol–water partition coefficient (Wildman–Crippen LogP) is 2.66. The van der Waals surface area contributed by atoms with Gasteiger partial charge in [0.25, 0.3) is 0 Å². The van der Waals surface area contributed by atoms with E-state index in [4.69, 9.17) is 0 Å². The molecule has 0 aliphatic carbocycles. The van der Waals surface area contributed by atoms with Gasteiger partial charge in [-0.25, -0.2) is 8.78 Å². The maximum Gasteiger partial charge on any atom is 0.233 e. The lowest BCUT2D eigenvalue weighted by Gasteiger charge is -2.42. The van der Waals surface area contributed by atoms with E-state index in [0.29, 0.717) is 43.6 Å². The Bertz CT molecular complexity index is 724. The zero-order chi connectivity index (χ0) is 19.4. The first-order valence-corrected chi connectivity index (χ1v) is 9.11. The molecule has 6 heteroatoms. The highest BCUT2D eigenvalue weighted by molar-refractivity contribution is 5.77. The number of halogens is 2. The lowest BCUT2D eigenvalue weighted by atomic mass is 9.72. The van der Waals surface area contributed by atoms with Crippen LogP contribution in [0, 0.1) is 17.6 Å². The Morgan fingerprint density at radius 3 is 1.89 bits per heavy atom. The van der Waals surface area contributed by atoms with Crippen molar-refractivity contribution in [1.82, 2.24) is 10.2 Å². The molecule has 3 rings (SSSR count). The van der Waals surface area contributed by atoms with Crippen LogP contribution in [0.2, 0.25) is 0 Å². The van der Waals surface area contributed by atoms with E-state index < -0.39 is 5.60 Å². The van der Waals surface area contributed by atoms with Crippen LogP contribution in [0.15, 0.2) is 48.5 Å². The number of aliphatic hydroxyl groups is 1. The molecule has 2 aromatic carbocycles. The second kappa shape index (κ2) is 8.15. The lowest BCUT2D eigenvalue weighted by molar-refractivity contribution is -0.122. The highest BCUT2D eigenvalue weighted by atomic mass is 19.1. The molecule has 0 aromatic heterocycles. The van der Waals surface area contributed by atoms with Gasteiger partial charge in [0.1, 0.15) is 17.2 Å². The Labute approximate surface area is 157 Å². The summed E-state index contributed by atoms with van der Waals surface area (Å²) < 4.78 is 26.8. The van der Waals surface area contributed by atoms with Gasteiger partial charge in [0.05, 0.1) is 6.54 Å². The minimum absolute atomic E-state index is 0.0409. The molecule has 1 heterocycles. The first-order chi connectivity index (χ1) is 12.9. The molecule has 1 fully saturated rings. The van der Waals surface area contributed by atoms with Crippen LogP contribution in [0.1, 0.15) is 24.0 Å². The molecule has 1 saturated heterocycles. The number of benzene rings is 2. The van der Waals surface area contributed by atoms with Crippen molar-refractivity contribution in [1.29, 1.82) is 0 Å². The summed E-state index contributed by atoms with van der Waals surface area (Å²) in [7, 11) is 1.61. The molecule has 0 spiro atoms. The number of nitrogens with one attached hydrogen (secondary N) is 1. The summed E-state index contributed by atoms with van der Waals surface area (Å²) in [4.78, 5) is 13.6. The van der Waals surface area contributed by atoms with E-state index in [1.54, 1.807) is 31.3 Å². The van der Waals surface area contributed by atoms with Gasteiger partial charge < -0.3 is 10.4 Å². The lowest BCUT2D eigenvalue weighted by Crippen LogP contribution is -2.46. The van der Waals surface area contributed by atoms with Gasteiger partial charge in [-0.1, -0.05) is 24.3 Å². The molecule has 0 unspecified atom stereocenters. The van der Waals surface area contributed by atoms with Crippen LogP contribution < -0.4 is 5.32 Å². The Kier molecular flexibility index (Phi) is 5.87. The highest BCUT2D eigenvalue weighted by Gasteiger charge is 2.41. The summed E-state index contributed by atoms with van der Waals surface area (Å²) >= 11 is 0. The minimum Gasteiger partial charge on any atom is -0.380 e. The summed E-state index contributed by atoms with van der Waals surface area (Å²) in [6.07, 6.45) is 1.34. The standard InChI is InChI=1S/C21H24F2N2O2/c1-24-20(26)14-25-12-10-17(11-13-25)21(27,15-2-6-18(22)7-3-15)16-4-8-19(23)9-5-16/h2-9,17,27H,10-14H2,1H3,(H,24,26). The van der Waals surface area contributed by atoms with Crippen molar-refractivity contribution in [2.24, 2.45) is 5.92 Å². The fourth-order valence-corrected chi connectivity index (χ4v) is 3.84. The van der Waals surface area contributed by atoms with Gasteiger partial charge in [0.15, 0.2) is 0 Å². The summed E-state index contributed by atoms with van der Waals surface area (Å²) in [5.74, 6) is -0.920. The van der Waals surface area contributed by atoms with Crippen molar-refractivity contribution in [3.8, 4) is 0 Å². The maximum atomic E-state index is 13.4. The van der Waals surface area contributed by atoms with E-state index in [0.717, 1.165) is 0 Å². The Hall–Kier alpha value is -2.31. The van der Waals surface area contributed by atoms with Crippen molar-refractivity contribution >= 4 is 5.91 Å². The van der Waals surface area contributed by atoms with E-state index in [1.165, 1.54) is 24.3 Å². The van der Waals surface area contributed by atoms with Gasteiger partial charge in [-0.3, -0.25) is 9.69 Å². The molecular weight excluding hydrogens is 350 g/mol. The van der Waals surface area contributed by atoms with Crippen LogP contribution in [0.3, 0.4) is 0 Å². The van der Waals surface area contributed by atoms with E-state index >= 15 is 0 Å². The van der Waals surface area contributed by atoms with Crippen LogP contribution >= 0.6 is 0 Å². The number of likely N-dealkylation sites (tertiary alicyclic amines) is 1. The first-order valence-electron chi connectivity index (χ1n) is 9.11. The van der Waals surface area contributed by atoms with Crippen molar-refractivity contribution in [2.45, 2.75) is 18.4 Å². The summed E-state index contributed by atoms with van der Waals surface area (Å²) in [5.41, 5.74) is -0.180. The number of carbonyl (C=O) groups is 1. The average Bonchev–Trinajstić information content (AvgIpc) is 2.69. The maximum absolute atomic E-state index is 13.4. The Morgan fingerprint density at radius 1 is 1.04 bits per heavy atom. The summed E-state index contributed by atoms with van der Waals surface area (Å²) in [6.45, 7) is 1.67. The fourth-order valence-electron chi connectivity index (χ4n) is 3.84. The number of likely N-dealkylation sites (N-methyl/N-ethyl adjacent to an activating group) is 1. The zero-order valence-electron chi connectivity index (χ0n) is 15.3. The molecule has 2 aromatic rings. The molecule has 0 saturated carbocycles. The molecular formula is C21H24F2N2O2. The monoisotopic (exact) mass is 374 g/mol. The quantitative estimate of drug-likeness (QED) is 0.846. The number of hydrogen-bond acceptors (Lipinski definition) is 3. The normalized spacial score (nSPS) is 16.3. The third kappa shape index (κ3) is 4.17. The predicted molar refractivity (Wildman–Crippen MR) is 99.0 cm³/mol. The number of rotatable bonds is 5. The molecule has 1 aliphatic rings. The summed E-state index contributed by atoms with van der Waals surface area (Å²) in [6, 6.07) is 11.6. The Balaban J connectivity index is 1.88. The van der Waals surface area contributed by atoms with Crippen LogP contribution in [0.4, 0.5) is 8.78 Å². The topological polar surface area (TPSA) is 52.6 Å². The third-order valence-electron chi connectivity index (χ3n) is 5.39.